The molecular formula is C27H31N7O. The summed E-state index contributed by atoms with van der Waals surface area (Å²) in [5, 5.41) is 13.2. The molecule has 2 aromatic carbocycles. The Morgan fingerprint density at radius 2 is 1.91 bits per heavy atom. The number of likely N-dealkylation sites (tertiary alicyclic amines) is 1. The zero-order chi connectivity index (χ0) is 23.4. The van der Waals surface area contributed by atoms with Crippen LogP contribution in [0.2, 0.25) is 0 Å². The molecule has 3 atom stereocenters. The summed E-state index contributed by atoms with van der Waals surface area (Å²) in [5.74, 6) is 0.997. The van der Waals surface area contributed by atoms with Crippen LogP contribution in [-0.4, -0.2) is 76.5 Å². The van der Waals surface area contributed by atoms with Crippen LogP contribution in [0.5, 0.6) is 6.01 Å². The highest BCUT2D eigenvalue weighted by atomic mass is 16.5. The lowest BCUT2D eigenvalue weighted by atomic mass is 10.0. The van der Waals surface area contributed by atoms with Crippen molar-refractivity contribution in [3.8, 4) is 17.1 Å². The molecule has 2 N–H and O–H groups in total. The van der Waals surface area contributed by atoms with Crippen LogP contribution in [0.25, 0.3) is 32.9 Å². The molecule has 0 aliphatic carbocycles. The fraction of sp³-hybridized carbons (Fsp3) is 0.444. The molecule has 3 fully saturated rings. The van der Waals surface area contributed by atoms with E-state index >= 15 is 0 Å². The van der Waals surface area contributed by atoms with E-state index in [9.17, 15) is 0 Å². The highest BCUT2D eigenvalue weighted by Gasteiger charge is 2.34. The first kappa shape index (κ1) is 21.1. The SMILES string of the molecule is CN1CCC[C@H]1COc1nc(N2CC3CCC(C2)N3)c2ccc(-c3cccc4[nH]ncc34)cc2n1. The average molecular weight is 470 g/mol. The third kappa shape index (κ3) is 3.81. The van der Waals surface area contributed by atoms with E-state index in [2.05, 4.69) is 68.8 Å². The van der Waals surface area contributed by atoms with E-state index in [1.165, 1.54) is 19.3 Å². The van der Waals surface area contributed by atoms with Crippen molar-refractivity contribution in [1.29, 1.82) is 0 Å². The van der Waals surface area contributed by atoms with Gasteiger partial charge < -0.3 is 19.9 Å². The van der Waals surface area contributed by atoms with Crippen LogP contribution < -0.4 is 15.0 Å². The molecule has 8 nitrogen and oxygen atoms in total. The fourth-order valence-corrected chi connectivity index (χ4v) is 6.12. The van der Waals surface area contributed by atoms with Gasteiger partial charge >= 0.3 is 6.01 Å². The van der Waals surface area contributed by atoms with Crippen LogP contribution in [0.1, 0.15) is 25.7 Å². The molecule has 3 saturated heterocycles. The van der Waals surface area contributed by atoms with E-state index < -0.39 is 0 Å². The number of aromatic amines is 1. The Morgan fingerprint density at radius 3 is 2.74 bits per heavy atom. The number of benzene rings is 2. The zero-order valence-corrected chi connectivity index (χ0v) is 20.1. The van der Waals surface area contributed by atoms with Gasteiger partial charge in [-0.2, -0.15) is 15.1 Å². The number of hydrogen-bond donors (Lipinski definition) is 2. The number of H-pyrrole nitrogens is 1. The van der Waals surface area contributed by atoms with Gasteiger partial charge in [0.25, 0.3) is 0 Å². The van der Waals surface area contributed by atoms with E-state index in [1.54, 1.807) is 0 Å². The summed E-state index contributed by atoms with van der Waals surface area (Å²) in [6.07, 6.45) is 6.75. The second-order valence-electron chi connectivity index (χ2n) is 10.3. The highest BCUT2D eigenvalue weighted by Crippen LogP contribution is 2.35. The van der Waals surface area contributed by atoms with Gasteiger partial charge in [-0.3, -0.25) is 5.10 Å². The van der Waals surface area contributed by atoms with Crippen molar-refractivity contribution in [2.45, 2.75) is 43.8 Å². The lowest BCUT2D eigenvalue weighted by Gasteiger charge is -2.34. The van der Waals surface area contributed by atoms with Crippen LogP contribution >= 0.6 is 0 Å². The van der Waals surface area contributed by atoms with E-state index in [0.717, 1.165) is 64.8 Å². The molecular weight excluding hydrogens is 438 g/mol. The Hall–Kier alpha value is -3.23. The molecule has 7 rings (SSSR count). The smallest absolute Gasteiger partial charge is 0.319 e. The fourth-order valence-electron chi connectivity index (χ4n) is 6.12. The Morgan fingerprint density at radius 1 is 1.03 bits per heavy atom. The zero-order valence-electron chi connectivity index (χ0n) is 20.1. The molecule has 2 bridgehead atoms. The minimum absolute atomic E-state index is 0.429. The van der Waals surface area contributed by atoms with Crippen LogP contribution in [0.3, 0.4) is 0 Å². The lowest BCUT2D eigenvalue weighted by Crippen LogP contribution is -2.51. The van der Waals surface area contributed by atoms with Gasteiger partial charge in [0.05, 0.1) is 17.2 Å². The van der Waals surface area contributed by atoms with Crippen LogP contribution in [0, 0.1) is 0 Å². The average Bonchev–Trinajstić information content (AvgIpc) is 3.61. The summed E-state index contributed by atoms with van der Waals surface area (Å²) in [4.78, 5) is 14.7. The summed E-state index contributed by atoms with van der Waals surface area (Å²) in [5.41, 5.74) is 4.23. The Kier molecular flexibility index (Phi) is 5.10. The van der Waals surface area contributed by atoms with Gasteiger partial charge in [-0.1, -0.05) is 18.2 Å². The van der Waals surface area contributed by atoms with Gasteiger partial charge in [-0.15, -0.1) is 0 Å². The summed E-state index contributed by atoms with van der Waals surface area (Å²) in [7, 11) is 2.17. The third-order valence-corrected chi connectivity index (χ3v) is 8.04. The molecule has 2 unspecified atom stereocenters. The highest BCUT2D eigenvalue weighted by molar-refractivity contribution is 5.98. The number of hydrogen-bond acceptors (Lipinski definition) is 7. The predicted molar refractivity (Wildman–Crippen MR) is 138 cm³/mol. The quantitative estimate of drug-likeness (QED) is 0.462. The summed E-state index contributed by atoms with van der Waals surface area (Å²) in [6.45, 7) is 3.71. The van der Waals surface area contributed by atoms with Gasteiger partial charge in [0.1, 0.15) is 12.4 Å². The topological polar surface area (TPSA) is 82.2 Å². The van der Waals surface area contributed by atoms with Gasteiger partial charge in [0.15, 0.2) is 0 Å². The number of anilines is 1. The number of likely N-dealkylation sites (N-methyl/N-ethyl adjacent to an activating group) is 1. The largest absolute Gasteiger partial charge is 0.462 e. The van der Waals surface area contributed by atoms with Crippen molar-refractivity contribution in [2.75, 3.05) is 38.2 Å². The monoisotopic (exact) mass is 469 g/mol. The molecule has 8 heteroatoms. The number of ether oxygens (including phenoxy) is 1. The molecule has 180 valence electrons. The molecule has 0 spiro atoms. The van der Waals surface area contributed by atoms with Crippen LogP contribution in [-0.2, 0) is 0 Å². The summed E-state index contributed by atoms with van der Waals surface area (Å²) in [6, 6.07) is 14.8. The lowest BCUT2D eigenvalue weighted by molar-refractivity contribution is 0.188. The molecule has 5 heterocycles. The Labute approximate surface area is 204 Å². The number of fused-ring (bicyclic) bond motifs is 4. The molecule has 4 aromatic rings. The van der Waals surface area contributed by atoms with Gasteiger partial charge in [0.2, 0.25) is 0 Å². The Bertz CT molecular complexity index is 1370. The molecule has 0 radical (unpaired) electrons. The van der Waals surface area contributed by atoms with E-state index in [0.29, 0.717) is 30.7 Å². The van der Waals surface area contributed by atoms with Crippen molar-refractivity contribution >= 4 is 27.6 Å². The van der Waals surface area contributed by atoms with Crippen LogP contribution in [0.15, 0.2) is 42.6 Å². The van der Waals surface area contributed by atoms with Crippen molar-refractivity contribution in [3.63, 3.8) is 0 Å². The van der Waals surface area contributed by atoms with Crippen LogP contribution in [0.4, 0.5) is 5.82 Å². The normalized spacial score (nSPS) is 24.6. The van der Waals surface area contributed by atoms with E-state index in [-0.39, 0.29) is 0 Å². The maximum Gasteiger partial charge on any atom is 0.319 e. The standard InChI is InChI=1S/C27H31N7O/c1-33-11-3-4-20(33)16-35-27-30-25-12-17(21-5-2-6-24-23(21)13-28-32-24)7-10-22(25)26(31-27)34-14-18-8-9-19(15-34)29-18/h2,5-7,10,12-13,18-20,29H,3-4,8-9,11,14-16H2,1H3,(H,28,32)/t18?,19?,20-/m0/s1. The minimum Gasteiger partial charge on any atom is -0.462 e. The van der Waals surface area contributed by atoms with Gasteiger partial charge in [-0.05, 0) is 68.6 Å². The van der Waals surface area contributed by atoms with Gasteiger partial charge in [0, 0.05) is 42.0 Å². The number of nitrogens with one attached hydrogen (secondary N) is 2. The van der Waals surface area contributed by atoms with Gasteiger partial charge in [-0.25, -0.2) is 0 Å². The summed E-state index contributed by atoms with van der Waals surface area (Å²) < 4.78 is 6.25. The molecule has 0 amide bonds. The first-order valence-electron chi connectivity index (χ1n) is 12.8. The second-order valence-corrected chi connectivity index (χ2v) is 10.3. The molecule has 0 saturated carbocycles. The second kappa shape index (κ2) is 8.46. The van der Waals surface area contributed by atoms with E-state index in [4.69, 9.17) is 14.7 Å². The van der Waals surface area contributed by atoms with Crippen molar-refractivity contribution in [3.05, 3.63) is 42.6 Å². The first-order valence-corrected chi connectivity index (χ1v) is 12.8. The molecule has 2 aromatic heterocycles. The number of rotatable bonds is 5. The number of piperazine rings is 1. The minimum atomic E-state index is 0.429. The number of nitrogens with zero attached hydrogens (tertiary/aromatic N) is 5. The van der Waals surface area contributed by atoms with E-state index in [1.807, 2.05) is 6.20 Å². The van der Waals surface area contributed by atoms with Crippen molar-refractivity contribution < 1.29 is 4.74 Å². The van der Waals surface area contributed by atoms with Crippen molar-refractivity contribution in [1.82, 2.24) is 30.4 Å². The maximum absolute atomic E-state index is 6.25. The Balaban J connectivity index is 1.30. The summed E-state index contributed by atoms with van der Waals surface area (Å²) >= 11 is 0. The maximum atomic E-state index is 6.25. The molecule has 3 aliphatic heterocycles. The third-order valence-electron chi connectivity index (χ3n) is 8.04. The molecule has 35 heavy (non-hydrogen) atoms. The first-order chi connectivity index (χ1) is 17.2. The number of aromatic nitrogens is 4. The predicted octanol–water partition coefficient (Wildman–Crippen LogP) is 3.59. The molecule has 3 aliphatic rings. The van der Waals surface area contributed by atoms with Crippen molar-refractivity contribution in [2.24, 2.45) is 0 Å².